The lowest BCUT2D eigenvalue weighted by atomic mass is 9.86. The van der Waals surface area contributed by atoms with Gasteiger partial charge in [0.2, 0.25) is 0 Å². The highest BCUT2D eigenvalue weighted by Gasteiger charge is 2.25. The number of nitrogens with zero attached hydrogens (tertiary/aromatic N) is 1. The Morgan fingerprint density at radius 2 is 1.87 bits per heavy atom. The standard InChI is InChI=1S/C10H18N2O2S/c1-12(2)9(15)7-3-5-8(6-4-7)11-10(13)14/h7-8,11H,3-6H2,1-2H3,(H,13,14). The fourth-order valence-electron chi connectivity index (χ4n) is 2.02. The van der Waals surface area contributed by atoms with Crippen LogP contribution in [0, 0.1) is 5.92 Å². The van der Waals surface area contributed by atoms with Crippen LogP contribution in [-0.2, 0) is 0 Å². The third kappa shape index (κ3) is 3.66. The molecule has 1 saturated carbocycles. The molecule has 0 aliphatic heterocycles. The molecule has 2 N–H and O–H groups in total. The van der Waals surface area contributed by atoms with E-state index in [1.165, 1.54) is 0 Å². The first kappa shape index (κ1) is 12.2. The minimum Gasteiger partial charge on any atom is -0.465 e. The molecule has 0 aromatic carbocycles. The summed E-state index contributed by atoms with van der Waals surface area (Å²) in [4.78, 5) is 13.4. The van der Waals surface area contributed by atoms with E-state index in [4.69, 9.17) is 17.3 Å². The number of hydrogen-bond donors (Lipinski definition) is 2. The molecule has 0 unspecified atom stereocenters. The molecule has 1 fully saturated rings. The highest BCUT2D eigenvalue weighted by molar-refractivity contribution is 7.80. The smallest absolute Gasteiger partial charge is 0.404 e. The SMILES string of the molecule is CN(C)C(=S)C1CCC(NC(=O)O)CC1. The summed E-state index contributed by atoms with van der Waals surface area (Å²) >= 11 is 5.31. The third-order valence-corrected chi connectivity index (χ3v) is 3.54. The predicted octanol–water partition coefficient (Wildman–Crippen LogP) is 1.70. The Bertz CT molecular complexity index is 248. The van der Waals surface area contributed by atoms with Crippen molar-refractivity contribution in [3.63, 3.8) is 0 Å². The maximum Gasteiger partial charge on any atom is 0.404 e. The Morgan fingerprint density at radius 1 is 1.33 bits per heavy atom. The topological polar surface area (TPSA) is 52.6 Å². The first-order chi connectivity index (χ1) is 7.00. The van der Waals surface area contributed by atoms with Gasteiger partial charge in [0.15, 0.2) is 0 Å². The van der Waals surface area contributed by atoms with Crippen molar-refractivity contribution in [2.24, 2.45) is 5.92 Å². The zero-order chi connectivity index (χ0) is 11.4. The van der Waals surface area contributed by atoms with Crippen LogP contribution in [0.5, 0.6) is 0 Å². The first-order valence-electron chi connectivity index (χ1n) is 5.21. The van der Waals surface area contributed by atoms with E-state index < -0.39 is 6.09 Å². The summed E-state index contributed by atoms with van der Waals surface area (Å²) in [7, 11) is 3.92. The summed E-state index contributed by atoms with van der Waals surface area (Å²) in [6, 6.07) is 0.115. The molecule has 86 valence electrons. The lowest BCUT2D eigenvalue weighted by Gasteiger charge is -2.31. The second kappa shape index (κ2) is 5.30. The summed E-state index contributed by atoms with van der Waals surface area (Å²) in [5.41, 5.74) is 0. The fraction of sp³-hybridized carbons (Fsp3) is 0.800. The van der Waals surface area contributed by atoms with Crippen LogP contribution in [0.25, 0.3) is 0 Å². The van der Waals surface area contributed by atoms with Crippen LogP contribution in [0.2, 0.25) is 0 Å². The molecular formula is C10H18N2O2S. The molecule has 0 aromatic heterocycles. The highest BCUT2D eigenvalue weighted by Crippen LogP contribution is 2.26. The second-order valence-electron chi connectivity index (χ2n) is 4.23. The van der Waals surface area contributed by atoms with Gasteiger partial charge in [0.25, 0.3) is 0 Å². The fourth-order valence-corrected chi connectivity index (χ4v) is 2.26. The van der Waals surface area contributed by atoms with E-state index in [1.807, 2.05) is 19.0 Å². The van der Waals surface area contributed by atoms with Crippen LogP contribution in [0.3, 0.4) is 0 Å². The maximum atomic E-state index is 10.4. The van der Waals surface area contributed by atoms with Gasteiger partial charge in [-0.05, 0) is 25.7 Å². The van der Waals surface area contributed by atoms with Crippen molar-refractivity contribution >= 4 is 23.3 Å². The van der Waals surface area contributed by atoms with Crippen LogP contribution < -0.4 is 5.32 Å². The number of rotatable bonds is 2. The molecule has 0 saturated heterocycles. The Hall–Kier alpha value is -0.840. The molecule has 0 radical (unpaired) electrons. The van der Waals surface area contributed by atoms with Crippen molar-refractivity contribution in [2.75, 3.05) is 14.1 Å². The van der Waals surface area contributed by atoms with Crippen molar-refractivity contribution in [3.05, 3.63) is 0 Å². The highest BCUT2D eigenvalue weighted by atomic mass is 32.1. The van der Waals surface area contributed by atoms with Crippen LogP contribution in [0.15, 0.2) is 0 Å². The van der Waals surface area contributed by atoms with Gasteiger partial charge < -0.3 is 15.3 Å². The lowest BCUT2D eigenvalue weighted by molar-refractivity contribution is 0.184. The third-order valence-electron chi connectivity index (χ3n) is 2.84. The van der Waals surface area contributed by atoms with Gasteiger partial charge >= 0.3 is 6.09 Å². The van der Waals surface area contributed by atoms with E-state index in [2.05, 4.69) is 5.32 Å². The molecule has 0 atom stereocenters. The zero-order valence-corrected chi connectivity index (χ0v) is 10.0. The van der Waals surface area contributed by atoms with Crippen molar-refractivity contribution in [2.45, 2.75) is 31.7 Å². The lowest BCUT2D eigenvalue weighted by Crippen LogP contribution is -2.39. The number of thiocarbonyl (C=S) groups is 1. The molecule has 15 heavy (non-hydrogen) atoms. The Labute approximate surface area is 95.6 Å². The molecule has 1 aliphatic carbocycles. The van der Waals surface area contributed by atoms with E-state index in [0.29, 0.717) is 5.92 Å². The summed E-state index contributed by atoms with van der Waals surface area (Å²) in [5.74, 6) is 0.446. The summed E-state index contributed by atoms with van der Waals surface area (Å²) < 4.78 is 0. The number of carboxylic acid groups (broad SMARTS) is 1. The number of nitrogens with one attached hydrogen (secondary N) is 1. The van der Waals surface area contributed by atoms with E-state index in [9.17, 15) is 4.79 Å². The zero-order valence-electron chi connectivity index (χ0n) is 9.19. The van der Waals surface area contributed by atoms with Gasteiger partial charge in [-0.15, -0.1) is 0 Å². The molecule has 1 aliphatic rings. The summed E-state index contributed by atoms with van der Waals surface area (Å²) in [6.45, 7) is 0. The molecule has 0 spiro atoms. The van der Waals surface area contributed by atoms with Crippen LogP contribution >= 0.6 is 12.2 Å². The van der Waals surface area contributed by atoms with Gasteiger partial charge in [0.1, 0.15) is 0 Å². The van der Waals surface area contributed by atoms with Crippen LogP contribution in [0.1, 0.15) is 25.7 Å². The molecule has 1 amide bonds. The van der Waals surface area contributed by atoms with E-state index in [-0.39, 0.29) is 6.04 Å². The molecule has 1 rings (SSSR count). The number of hydrogen-bond acceptors (Lipinski definition) is 2. The van der Waals surface area contributed by atoms with Gasteiger partial charge in [-0.2, -0.15) is 0 Å². The Morgan fingerprint density at radius 3 is 2.27 bits per heavy atom. The van der Waals surface area contributed by atoms with Gasteiger partial charge in [-0.25, -0.2) is 4.79 Å². The van der Waals surface area contributed by atoms with E-state index >= 15 is 0 Å². The van der Waals surface area contributed by atoms with Crippen LogP contribution in [0.4, 0.5) is 4.79 Å². The maximum absolute atomic E-state index is 10.4. The molecular weight excluding hydrogens is 212 g/mol. The normalized spacial score (nSPS) is 25.7. The summed E-state index contributed by atoms with van der Waals surface area (Å²) in [6.07, 6.45) is 2.84. The van der Waals surface area contributed by atoms with E-state index in [1.54, 1.807) is 0 Å². The van der Waals surface area contributed by atoms with Crippen molar-refractivity contribution in [1.29, 1.82) is 0 Å². The Balaban J connectivity index is 2.35. The van der Waals surface area contributed by atoms with Gasteiger partial charge in [0, 0.05) is 26.1 Å². The molecule has 5 heteroatoms. The van der Waals surface area contributed by atoms with Crippen molar-refractivity contribution in [1.82, 2.24) is 10.2 Å². The van der Waals surface area contributed by atoms with E-state index in [0.717, 1.165) is 30.7 Å². The largest absolute Gasteiger partial charge is 0.465 e. The first-order valence-corrected chi connectivity index (χ1v) is 5.62. The number of carbonyl (C=O) groups is 1. The molecule has 0 bridgehead atoms. The predicted molar refractivity (Wildman–Crippen MR) is 63.2 cm³/mol. The number of amides is 1. The monoisotopic (exact) mass is 230 g/mol. The molecule has 0 heterocycles. The minimum absolute atomic E-state index is 0.115. The molecule has 4 nitrogen and oxygen atoms in total. The summed E-state index contributed by atoms with van der Waals surface area (Å²) in [5, 5.41) is 11.1. The second-order valence-corrected chi connectivity index (χ2v) is 4.65. The van der Waals surface area contributed by atoms with Crippen molar-refractivity contribution in [3.8, 4) is 0 Å². The quantitative estimate of drug-likeness (QED) is 0.709. The van der Waals surface area contributed by atoms with Crippen LogP contribution in [-0.4, -0.2) is 41.2 Å². The minimum atomic E-state index is -0.923. The molecule has 0 aromatic rings. The average molecular weight is 230 g/mol. The van der Waals surface area contributed by atoms with Gasteiger partial charge in [-0.1, -0.05) is 12.2 Å². The van der Waals surface area contributed by atoms with Crippen molar-refractivity contribution < 1.29 is 9.90 Å². The Kier molecular flexibility index (Phi) is 4.32. The average Bonchev–Trinajstić information content (AvgIpc) is 2.17. The van der Waals surface area contributed by atoms with Gasteiger partial charge in [0.05, 0.1) is 4.99 Å². The van der Waals surface area contributed by atoms with Gasteiger partial charge in [-0.3, -0.25) is 0 Å².